The number of allylic oxidation sites excluding steroid dienone is 2. The third-order valence-corrected chi connectivity index (χ3v) is 5.10. The first-order valence-corrected chi connectivity index (χ1v) is 8.48. The topological polar surface area (TPSA) is 20.3 Å². The molecule has 3 rings (SSSR count). The highest BCUT2D eigenvalue weighted by atomic mass is 35.5. The molecule has 1 atom stereocenters. The van der Waals surface area contributed by atoms with E-state index >= 15 is 0 Å². The number of carbonyl (C=O) groups is 1. The van der Waals surface area contributed by atoms with Crippen LogP contribution < -0.4 is 0 Å². The van der Waals surface area contributed by atoms with E-state index < -0.39 is 0 Å². The number of nitrogens with zero attached hydrogens (tertiary/aromatic N) is 1. The highest BCUT2D eigenvalue weighted by Crippen LogP contribution is 2.39. The molecule has 22 heavy (non-hydrogen) atoms. The Balaban J connectivity index is 2.02. The minimum atomic E-state index is -0.165. The van der Waals surface area contributed by atoms with Crippen molar-refractivity contribution in [2.45, 2.75) is 37.6 Å². The van der Waals surface area contributed by atoms with E-state index in [0.29, 0.717) is 0 Å². The fourth-order valence-corrected chi connectivity index (χ4v) is 3.73. The second kappa shape index (κ2) is 6.80. The zero-order chi connectivity index (χ0) is 15.4. The van der Waals surface area contributed by atoms with Gasteiger partial charge in [-0.25, -0.2) is 0 Å². The summed E-state index contributed by atoms with van der Waals surface area (Å²) in [5, 5.41) is 0.803. The van der Waals surface area contributed by atoms with E-state index in [9.17, 15) is 4.79 Å². The van der Waals surface area contributed by atoms with Gasteiger partial charge in [-0.3, -0.25) is 9.69 Å². The standard InChI is InChI=1S/C19H22ClNO/c20-18-8-10-19(11-9-18,21-12-3-1-2-4-13-21)17-7-5-6-16(14-17)15-22/h5-10,14-15H,1-4,11-13H2. The minimum absolute atomic E-state index is 0.165. The van der Waals surface area contributed by atoms with Gasteiger partial charge in [0.15, 0.2) is 0 Å². The number of benzene rings is 1. The Labute approximate surface area is 137 Å². The Bertz CT molecular complexity index is 599. The molecule has 1 fully saturated rings. The van der Waals surface area contributed by atoms with Crippen molar-refractivity contribution >= 4 is 17.9 Å². The van der Waals surface area contributed by atoms with Crippen molar-refractivity contribution in [1.82, 2.24) is 4.90 Å². The third-order valence-electron chi connectivity index (χ3n) is 4.82. The van der Waals surface area contributed by atoms with Crippen LogP contribution >= 0.6 is 11.6 Å². The molecule has 1 aromatic carbocycles. The van der Waals surface area contributed by atoms with Crippen LogP contribution in [0, 0.1) is 0 Å². The van der Waals surface area contributed by atoms with Crippen LogP contribution in [-0.4, -0.2) is 24.3 Å². The third kappa shape index (κ3) is 3.04. The Morgan fingerprint density at radius 3 is 2.55 bits per heavy atom. The Morgan fingerprint density at radius 2 is 1.91 bits per heavy atom. The molecule has 1 heterocycles. The number of likely N-dealkylation sites (tertiary alicyclic amines) is 1. The van der Waals surface area contributed by atoms with Crippen LogP contribution in [-0.2, 0) is 5.54 Å². The van der Waals surface area contributed by atoms with Crippen molar-refractivity contribution in [3.05, 3.63) is 58.7 Å². The fraction of sp³-hybridized carbons (Fsp3) is 0.421. The molecule has 0 radical (unpaired) electrons. The minimum Gasteiger partial charge on any atom is -0.298 e. The van der Waals surface area contributed by atoms with Gasteiger partial charge in [0.1, 0.15) is 6.29 Å². The quantitative estimate of drug-likeness (QED) is 0.756. The molecule has 0 N–H and O–H groups in total. The van der Waals surface area contributed by atoms with E-state index in [1.54, 1.807) is 0 Å². The Hall–Kier alpha value is -1.38. The maximum absolute atomic E-state index is 11.2. The normalized spacial score (nSPS) is 26.3. The molecule has 2 nitrogen and oxygen atoms in total. The fourth-order valence-electron chi connectivity index (χ4n) is 3.59. The van der Waals surface area contributed by atoms with Crippen LogP contribution in [0.1, 0.15) is 48.0 Å². The molecule has 3 heteroatoms. The molecule has 116 valence electrons. The van der Waals surface area contributed by atoms with Gasteiger partial charge in [-0.2, -0.15) is 0 Å². The summed E-state index contributed by atoms with van der Waals surface area (Å²) in [4.78, 5) is 13.7. The van der Waals surface area contributed by atoms with Crippen molar-refractivity contribution < 1.29 is 4.79 Å². The van der Waals surface area contributed by atoms with E-state index in [4.69, 9.17) is 11.6 Å². The zero-order valence-electron chi connectivity index (χ0n) is 12.8. The van der Waals surface area contributed by atoms with Gasteiger partial charge in [0.2, 0.25) is 0 Å². The lowest BCUT2D eigenvalue weighted by Gasteiger charge is -2.43. The lowest BCUT2D eigenvalue weighted by Crippen LogP contribution is -2.45. The Kier molecular flexibility index (Phi) is 4.80. The predicted molar refractivity (Wildman–Crippen MR) is 91.2 cm³/mol. The van der Waals surface area contributed by atoms with Gasteiger partial charge >= 0.3 is 0 Å². The molecular weight excluding hydrogens is 294 g/mol. The van der Waals surface area contributed by atoms with Gasteiger partial charge in [0, 0.05) is 10.6 Å². The maximum Gasteiger partial charge on any atom is 0.150 e. The van der Waals surface area contributed by atoms with Gasteiger partial charge < -0.3 is 0 Å². The molecule has 0 bridgehead atoms. The molecule has 2 aliphatic rings. The van der Waals surface area contributed by atoms with Gasteiger partial charge in [0.05, 0.1) is 5.54 Å². The summed E-state index contributed by atoms with van der Waals surface area (Å²) in [6, 6.07) is 8.00. The van der Waals surface area contributed by atoms with E-state index in [1.165, 1.54) is 31.2 Å². The number of hydrogen-bond acceptors (Lipinski definition) is 2. The van der Waals surface area contributed by atoms with Crippen LogP contribution in [0.5, 0.6) is 0 Å². The summed E-state index contributed by atoms with van der Waals surface area (Å²) >= 11 is 6.16. The van der Waals surface area contributed by atoms with Crippen molar-refractivity contribution in [2.75, 3.05) is 13.1 Å². The number of rotatable bonds is 3. The van der Waals surface area contributed by atoms with E-state index in [-0.39, 0.29) is 5.54 Å². The van der Waals surface area contributed by atoms with E-state index in [2.05, 4.69) is 23.1 Å². The molecule has 0 amide bonds. The first kappa shape index (κ1) is 15.5. The summed E-state index contributed by atoms with van der Waals surface area (Å²) in [7, 11) is 0. The molecule has 1 aliphatic carbocycles. The van der Waals surface area contributed by atoms with Crippen molar-refractivity contribution in [2.24, 2.45) is 0 Å². The number of aldehydes is 1. The number of halogens is 1. The molecule has 1 aliphatic heterocycles. The second-order valence-corrected chi connectivity index (χ2v) is 6.63. The van der Waals surface area contributed by atoms with Gasteiger partial charge in [0.25, 0.3) is 0 Å². The molecule has 0 aromatic heterocycles. The highest BCUT2D eigenvalue weighted by Gasteiger charge is 2.36. The van der Waals surface area contributed by atoms with E-state index in [0.717, 1.165) is 36.4 Å². The SMILES string of the molecule is O=Cc1cccc(C2(N3CCCCCC3)C=CC(Cl)=CC2)c1. The second-order valence-electron chi connectivity index (χ2n) is 6.20. The molecule has 1 saturated heterocycles. The summed E-state index contributed by atoms with van der Waals surface area (Å²) in [5.41, 5.74) is 1.76. The van der Waals surface area contributed by atoms with Crippen LogP contribution in [0.4, 0.5) is 0 Å². The van der Waals surface area contributed by atoms with Crippen LogP contribution in [0.25, 0.3) is 0 Å². The molecule has 1 aromatic rings. The van der Waals surface area contributed by atoms with Crippen LogP contribution in [0.2, 0.25) is 0 Å². The average molecular weight is 316 g/mol. The first-order valence-electron chi connectivity index (χ1n) is 8.10. The van der Waals surface area contributed by atoms with Crippen molar-refractivity contribution in [3.63, 3.8) is 0 Å². The van der Waals surface area contributed by atoms with E-state index in [1.807, 2.05) is 24.3 Å². The largest absolute Gasteiger partial charge is 0.298 e. The molecular formula is C19H22ClNO. The monoisotopic (exact) mass is 315 g/mol. The van der Waals surface area contributed by atoms with Crippen molar-refractivity contribution in [3.8, 4) is 0 Å². The first-order chi connectivity index (χ1) is 10.7. The molecule has 0 saturated carbocycles. The molecule has 1 unspecified atom stereocenters. The van der Waals surface area contributed by atoms with Gasteiger partial charge in [-0.15, -0.1) is 0 Å². The van der Waals surface area contributed by atoms with Crippen molar-refractivity contribution in [1.29, 1.82) is 0 Å². The number of carbonyl (C=O) groups excluding carboxylic acids is 1. The lowest BCUT2D eigenvalue weighted by atomic mass is 9.81. The zero-order valence-corrected chi connectivity index (χ0v) is 13.6. The molecule has 0 spiro atoms. The average Bonchev–Trinajstić information content (AvgIpc) is 2.86. The van der Waals surface area contributed by atoms with Crippen LogP contribution in [0.3, 0.4) is 0 Å². The van der Waals surface area contributed by atoms with Gasteiger partial charge in [-0.1, -0.05) is 54.8 Å². The summed E-state index contributed by atoms with van der Waals surface area (Å²) < 4.78 is 0. The highest BCUT2D eigenvalue weighted by molar-refractivity contribution is 6.31. The van der Waals surface area contributed by atoms with Crippen LogP contribution in [0.15, 0.2) is 47.5 Å². The summed E-state index contributed by atoms with van der Waals surface area (Å²) in [6.45, 7) is 2.20. The lowest BCUT2D eigenvalue weighted by molar-refractivity contribution is 0.112. The predicted octanol–water partition coefficient (Wildman–Crippen LogP) is 4.65. The number of hydrogen-bond donors (Lipinski definition) is 0. The summed E-state index contributed by atoms with van der Waals surface area (Å²) in [6.07, 6.45) is 13.2. The van der Waals surface area contributed by atoms with Gasteiger partial charge in [-0.05, 0) is 50.1 Å². The smallest absolute Gasteiger partial charge is 0.150 e. The Morgan fingerprint density at radius 1 is 1.14 bits per heavy atom. The summed E-state index contributed by atoms with van der Waals surface area (Å²) in [5.74, 6) is 0. The maximum atomic E-state index is 11.2.